The first-order valence-corrected chi connectivity index (χ1v) is 7.87. The van der Waals surface area contributed by atoms with E-state index >= 15 is 0 Å². The van der Waals surface area contributed by atoms with Gasteiger partial charge < -0.3 is 4.57 Å². The smallest absolute Gasteiger partial charge is 0.325 e. The number of nitrogens with zero attached hydrogens (tertiary/aromatic N) is 4. The number of fused-ring (bicyclic) bond motifs is 1. The molecule has 0 aliphatic heterocycles. The Bertz CT molecular complexity index is 767. The fraction of sp³-hybridized carbons (Fsp3) is 0.562. The molecule has 0 N–H and O–H groups in total. The summed E-state index contributed by atoms with van der Waals surface area (Å²) in [5, 5.41) is 0. The molecule has 2 rings (SSSR count). The van der Waals surface area contributed by atoms with Gasteiger partial charge in [0.15, 0.2) is 11.2 Å². The average molecular weight is 304 g/mol. The minimum atomic E-state index is -0.324. The van der Waals surface area contributed by atoms with Crippen molar-refractivity contribution in [2.75, 3.05) is 0 Å². The maximum atomic E-state index is 12.6. The Morgan fingerprint density at radius 3 is 2.68 bits per heavy atom. The van der Waals surface area contributed by atoms with Crippen molar-refractivity contribution in [2.24, 2.45) is 7.05 Å². The number of rotatable bonds is 8. The van der Waals surface area contributed by atoms with Crippen LogP contribution in [-0.2, 0) is 20.1 Å². The van der Waals surface area contributed by atoms with E-state index in [4.69, 9.17) is 0 Å². The van der Waals surface area contributed by atoms with E-state index in [-0.39, 0.29) is 11.2 Å². The Hall–Kier alpha value is -2.11. The van der Waals surface area contributed by atoms with Crippen LogP contribution < -0.4 is 11.2 Å². The lowest BCUT2D eigenvalue weighted by molar-refractivity contribution is 0.581. The van der Waals surface area contributed by atoms with E-state index in [1.807, 2.05) is 4.57 Å². The van der Waals surface area contributed by atoms with Crippen LogP contribution in [0.3, 0.4) is 0 Å². The molecule has 0 saturated carbocycles. The van der Waals surface area contributed by atoms with Gasteiger partial charge in [-0.05, 0) is 12.8 Å². The first-order valence-electron chi connectivity index (χ1n) is 7.87. The van der Waals surface area contributed by atoms with Crippen LogP contribution in [0.4, 0.5) is 0 Å². The number of hydrogen-bond acceptors (Lipinski definition) is 3. The van der Waals surface area contributed by atoms with Crippen molar-refractivity contribution in [1.82, 2.24) is 18.7 Å². The molecule has 0 aromatic carbocycles. The van der Waals surface area contributed by atoms with Gasteiger partial charge in [0.05, 0.1) is 6.33 Å². The monoisotopic (exact) mass is 304 g/mol. The van der Waals surface area contributed by atoms with E-state index in [2.05, 4.69) is 18.5 Å². The third kappa shape index (κ3) is 3.05. The Morgan fingerprint density at radius 2 is 2.00 bits per heavy atom. The topological polar surface area (TPSA) is 61.8 Å². The molecular formula is C16H24N4O2. The first kappa shape index (κ1) is 16.3. The zero-order valence-electron chi connectivity index (χ0n) is 13.4. The normalized spacial score (nSPS) is 11.2. The molecule has 6 heteroatoms. The van der Waals surface area contributed by atoms with Gasteiger partial charge in [0.2, 0.25) is 0 Å². The molecule has 120 valence electrons. The van der Waals surface area contributed by atoms with Crippen molar-refractivity contribution in [1.29, 1.82) is 0 Å². The predicted octanol–water partition coefficient (Wildman–Crippen LogP) is 2.05. The number of aryl methyl sites for hydroxylation is 2. The quantitative estimate of drug-likeness (QED) is 0.554. The molecular weight excluding hydrogens is 280 g/mol. The van der Waals surface area contributed by atoms with Crippen LogP contribution in [0.25, 0.3) is 11.2 Å². The van der Waals surface area contributed by atoms with Crippen LogP contribution >= 0.6 is 0 Å². The highest BCUT2D eigenvalue weighted by Gasteiger charge is 2.15. The fourth-order valence-corrected chi connectivity index (χ4v) is 2.62. The van der Waals surface area contributed by atoms with Crippen LogP contribution in [0.2, 0.25) is 0 Å². The van der Waals surface area contributed by atoms with Gasteiger partial charge in [0, 0.05) is 20.1 Å². The van der Waals surface area contributed by atoms with Crippen molar-refractivity contribution >= 4 is 11.2 Å². The van der Waals surface area contributed by atoms with Crippen molar-refractivity contribution in [3.63, 3.8) is 0 Å². The van der Waals surface area contributed by atoms with Crippen LogP contribution in [0, 0.1) is 0 Å². The van der Waals surface area contributed by atoms with E-state index in [0.29, 0.717) is 24.1 Å². The summed E-state index contributed by atoms with van der Waals surface area (Å²) in [4.78, 5) is 29.1. The summed E-state index contributed by atoms with van der Waals surface area (Å²) in [6, 6.07) is 0. The van der Waals surface area contributed by atoms with Crippen LogP contribution in [0.15, 0.2) is 28.6 Å². The maximum absolute atomic E-state index is 12.6. The van der Waals surface area contributed by atoms with E-state index < -0.39 is 0 Å². The Morgan fingerprint density at radius 1 is 1.23 bits per heavy atom. The number of imidazole rings is 1. The van der Waals surface area contributed by atoms with Gasteiger partial charge in [0.25, 0.3) is 5.56 Å². The summed E-state index contributed by atoms with van der Waals surface area (Å²) >= 11 is 0. The Balaban J connectivity index is 2.44. The molecule has 2 heterocycles. The molecule has 0 bridgehead atoms. The van der Waals surface area contributed by atoms with Gasteiger partial charge in [0.1, 0.15) is 0 Å². The number of allylic oxidation sites excluding steroid dienone is 1. The zero-order valence-corrected chi connectivity index (χ0v) is 13.4. The third-order valence-corrected chi connectivity index (χ3v) is 3.91. The lowest BCUT2D eigenvalue weighted by Gasteiger charge is -2.09. The number of unbranched alkanes of at least 4 members (excludes halogenated alkanes) is 3. The highest BCUT2D eigenvalue weighted by molar-refractivity contribution is 5.69. The molecule has 2 aromatic rings. The SMILES string of the molecule is C=CCCn1c(=O)c2c(ncn2CCCCCC)n(C)c1=O. The van der Waals surface area contributed by atoms with Crippen molar-refractivity contribution in [3.8, 4) is 0 Å². The van der Waals surface area contributed by atoms with E-state index in [9.17, 15) is 9.59 Å². The second kappa shape index (κ2) is 7.24. The molecule has 0 atom stereocenters. The molecule has 0 spiro atoms. The average Bonchev–Trinajstić information content (AvgIpc) is 2.94. The number of hydrogen-bond donors (Lipinski definition) is 0. The van der Waals surface area contributed by atoms with Crippen LogP contribution in [-0.4, -0.2) is 18.7 Å². The highest BCUT2D eigenvalue weighted by atomic mass is 16.2. The van der Waals surface area contributed by atoms with Gasteiger partial charge in [-0.25, -0.2) is 9.78 Å². The molecule has 0 aliphatic rings. The van der Waals surface area contributed by atoms with Crippen molar-refractivity contribution in [2.45, 2.75) is 52.1 Å². The minimum Gasteiger partial charge on any atom is -0.325 e. The molecule has 6 nitrogen and oxygen atoms in total. The lowest BCUT2D eigenvalue weighted by atomic mass is 10.2. The molecule has 22 heavy (non-hydrogen) atoms. The summed E-state index contributed by atoms with van der Waals surface area (Å²) in [5.41, 5.74) is 0.395. The van der Waals surface area contributed by atoms with E-state index in [1.165, 1.54) is 22.0 Å². The van der Waals surface area contributed by atoms with Crippen LogP contribution in [0.5, 0.6) is 0 Å². The molecule has 2 aromatic heterocycles. The second-order valence-corrected chi connectivity index (χ2v) is 5.55. The summed E-state index contributed by atoms with van der Waals surface area (Å²) in [6.45, 7) is 6.92. The third-order valence-electron chi connectivity index (χ3n) is 3.91. The van der Waals surface area contributed by atoms with Gasteiger partial charge >= 0.3 is 5.69 Å². The summed E-state index contributed by atoms with van der Waals surface area (Å²) in [6.07, 6.45) is 8.46. The fourth-order valence-electron chi connectivity index (χ4n) is 2.62. The van der Waals surface area contributed by atoms with Gasteiger partial charge in [-0.2, -0.15) is 0 Å². The van der Waals surface area contributed by atoms with E-state index in [0.717, 1.165) is 19.4 Å². The maximum Gasteiger partial charge on any atom is 0.332 e. The lowest BCUT2D eigenvalue weighted by Crippen LogP contribution is -2.39. The largest absolute Gasteiger partial charge is 0.332 e. The van der Waals surface area contributed by atoms with Crippen molar-refractivity contribution in [3.05, 3.63) is 39.8 Å². The summed E-state index contributed by atoms with van der Waals surface area (Å²) < 4.78 is 4.59. The Labute approximate surface area is 129 Å². The first-order chi connectivity index (χ1) is 10.6. The highest BCUT2D eigenvalue weighted by Crippen LogP contribution is 2.09. The molecule has 0 aliphatic carbocycles. The van der Waals surface area contributed by atoms with Crippen LogP contribution in [0.1, 0.15) is 39.0 Å². The minimum absolute atomic E-state index is 0.257. The molecule has 0 saturated heterocycles. The predicted molar refractivity (Wildman–Crippen MR) is 88.2 cm³/mol. The summed E-state index contributed by atoms with van der Waals surface area (Å²) in [5.74, 6) is 0. The molecule has 0 amide bonds. The van der Waals surface area contributed by atoms with Gasteiger partial charge in [-0.15, -0.1) is 6.58 Å². The van der Waals surface area contributed by atoms with Gasteiger partial charge in [-0.3, -0.25) is 13.9 Å². The second-order valence-electron chi connectivity index (χ2n) is 5.55. The molecule has 0 radical (unpaired) electrons. The molecule has 0 fully saturated rings. The summed E-state index contributed by atoms with van der Waals surface area (Å²) in [7, 11) is 1.66. The zero-order chi connectivity index (χ0) is 16.1. The molecule has 0 unspecified atom stereocenters. The Kier molecular flexibility index (Phi) is 5.35. The van der Waals surface area contributed by atoms with Crippen molar-refractivity contribution < 1.29 is 0 Å². The number of aromatic nitrogens is 4. The standard InChI is InChI=1S/C16H24N4O2/c1-4-6-8-9-10-19-12-17-14-13(19)15(21)20(11-7-5-2)16(22)18(14)3/h5,12H,2,4,6-11H2,1,3H3. The van der Waals surface area contributed by atoms with Gasteiger partial charge in [-0.1, -0.05) is 32.3 Å². The van der Waals surface area contributed by atoms with E-state index in [1.54, 1.807) is 19.5 Å².